The maximum Gasteiger partial charge on any atom is 0.237 e. The van der Waals surface area contributed by atoms with E-state index in [1.54, 1.807) is 6.07 Å². The van der Waals surface area contributed by atoms with E-state index in [1.165, 1.54) is 33.3 Å². The Morgan fingerprint density at radius 3 is 2.40 bits per heavy atom. The molecule has 6 nitrogen and oxygen atoms in total. The van der Waals surface area contributed by atoms with E-state index in [1.807, 2.05) is 0 Å². The quantitative estimate of drug-likeness (QED) is 0.614. The summed E-state index contributed by atoms with van der Waals surface area (Å²) in [6.45, 7) is 1.43. The normalized spacial score (nSPS) is 13.8. The summed E-state index contributed by atoms with van der Waals surface area (Å²) in [6.07, 6.45) is 1.13. The van der Waals surface area contributed by atoms with Gasteiger partial charge in [0.2, 0.25) is 11.6 Å². The van der Waals surface area contributed by atoms with Crippen molar-refractivity contribution in [3.8, 4) is 11.5 Å². The molecule has 1 aromatic carbocycles. The van der Waals surface area contributed by atoms with Crippen LogP contribution in [0.5, 0.6) is 11.5 Å². The topological polar surface area (TPSA) is 82.8 Å². The predicted octanol–water partition coefficient (Wildman–Crippen LogP) is 3.26. The summed E-state index contributed by atoms with van der Waals surface area (Å²) in [5.74, 6) is -1.19. The number of allylic oxidation sites excluding steroid dienone is 1. The fourth-order valence-electron chi connectivity index (χ4n) is 2.60. The Morgan fingerprint density at radius 1 is 1.08 bits per heavy atom. The van der Waals surface area contributed by atoms with Crippen molar-refractivity contribution in [2.75, 3.05) is 14.2 Å². The summed E-state index contributed by atoms with van der Waals surface area (Å²) in [7, 11) is 2.92. The lowest BCUT2D eigenvalue weighted by atomic mass is 9.90. The first-order chi connectivity index (χ1) is 11.9. The monoisotopic (exact) mass is 360 g/mol. The van der Waals surface area contributed by atoms with Gasteiger partial charge in [-0.05, 0) is 25.1 Å². The molecule has 3 rings (SSSR count). The number of Topliss-reactive ketones (excluding diaryl/α,β-unsaturated/α-hetero) is 2. The molecule has 0 fully saturated rings. The van der Waals surface area contributed by atoms with E-state index in [4.69, 9.17) is 25.5 Å². The second kappa shape index (κ2) is 6.22. The highest BCUT2D eigenvalue weighted by Gasteiger charge is 2.37. The van der Waals surface area contributed by atoms with Crippen LogP contribution in [0.15, 0.2) is 34.5 Å². The number of carbonyl (C=O) groups excluding carboxylic acids is 3. The van der Waals surface area contributed by atoms with E-state index in [2.05, 4.69) is 0 Å². The summed E-state index contributed by atoms with van der Waals surface area (Å²) in [4.78, 5) is 37.1. The number of fused-ring (bicyclic) bond motifs is 1. The Kier molecular flexibility index (Phi) is 4.22. The summed E-state index contributed by atoms with van der Waals surface area (Å²) in [5, 5.41) is 0.0333. The van der Waals surface area contributed by atoms with E-state index < -0.39 is 17.3 Å². The Bertz CT molecular complexity index is 950. The Balaban J connectivity index is 2.11. The van der Waals surface area contributed by atoms with Crippen LogP contribution in [-0.2, 0) is 4.79 Å². The van der Waals surface area contributed by atoms with E-state index in [0.717, 1.165) is 6.26 Å². The average Bonchev–Trinajstić information content (AvgIpc) is 3.08. The number of hydrogen-bond donors (Lipinski definition) is 0. The van der Waals surface area contributed by atoms with Crippen molar-refractivity contribution >= 4 is 34.0 Å². The van der Waals surface area contributed by atoms with Crippen LogP contribution >= 0.6 is 11.6 Å². The molecule has 25 heavy (non-hydrogen) atoms. The summed E-state index contributed by atoms with van der Waals surface area (Å²) < 4.78 is 15.6. The molecule has 128 valence electrons. The molecule has 0 saturated heterocycles. The smallest absolute Gasteiger partial charge is 0.237 e. The van der Waals surface area contributed by atoms with E-state index in [-0.39, 0.29) is 33.1 Å². The molecule has 0 amide bonds. The van der Waals surface area contributed by atoms with Crippen LogP contribution in [0.25, 0.3) is 5.03 Å². The molecule has 0 spiro atoms. The maximum atomic E-state index is 12.8. The molecule has 1 aromatic heterocycles. The Labute approximate surface area is 148 Å². The van der Waals surface area contributed by atoms with Gasteiger partial charge in [0.05, 0.1) is 30.4 Å². The third-order valence-corrected chi connectivity index (χ3v) is 4.44. The van der Waals surface area contributed by atoms with Gasteiger partial charge in [0.15, 0.2) is 23.0 Å². The molecule has 0 unspecified atom stereocenters. The van der Waals surface area contributed by atoms with Gasteiger partial charge in [0.1, 0.15) is 6.26 Å². The van der Waals surface area contributed by atoms with Gasteiger partial charge >= 0.3 is 0 Å². The molecule has 0 atom stereocenters. The number of halogens is 1. The summed E-state index contributed by atoms with van der Waals surface area (Å²) >= 11 is 6.07. The van der Waals surface area contributed by atoms with Crippen LogP contribution in [0.4, 0.5) is 0 Å². The van der Waals surface area contributed by atoms with Crippen molar-refractivity contribution in [3.63, 3.8) is 0 Å². The van der Waals surface area contributed by atoms with Gasteiger partial charge in [0, 0.05) is 11.1 Å². The van der Waals surface area contributed by atoms with Gasteiger partial charge < -0.3 is 13.9 Å². The van der Waals surface area contributed by atoms with Crippen molar-refractivity contribution < 1.29 is 28.3 Å². The molecule has 2 aromatic rings. The van der Waals surface area contributed by atoms with Crippen LogP contribution in [-0.4, -0.2) is 31.6 Å². The standard InChI is InChI=1S/C18H13ClO6/c1-8-14(19)18-13(17(22)15(8)20)10(7-25-18)16(21)9-4-5-11(23-2)12(6-9)24-3/h4-7H,1-3H3. The highest BCUT2D eigenvalue weighted by Crippen LogP contribution is 2.36. The number of methoxy groups -OCH3 is 2. The molecule has 0 aliphatic heterocycles. The summed E-state index contributed by atoms with van der Waals surface area (Å²) in [5.41, 5.74) is 0.217. The number of benzene rings is 1. The van der Waals surface area contributed by atoms with Crippen LogP contribution < -0.4 is 9.47 Å². The first kappa shape index (κ1) is 17.0. The molecule has 1 aliphatic carbocycles. The molecule has 1 aliphatic rings. The second-order valence-electron chi connectivity index (χ2n) is 5.35. The highest BCUT2D eigenvalue weighted by molar-refractivity contribution is 6.61. The fraction of sp³-hybridized carbons (Fsp3) is 0.167. The van der Waals surface area contributed by atoms with Crippen molar-refractivity contribution in [1.29, 1.82) is 0 Å². The first-order valence-electron chi connectivity index (χ1n) is 7.24. The predicted molar refractivity (Wildman–Crippen MR) is 89.5 cm³/mol. The Morgan fingerprint density at radius 2 is 1.76 bits per heavy atom. The molecular formula is C18H13ClO6. The zero-order valence-electron chi connectivity index (χ0n) is 13.6. The van der Waals surface area contributed by atoms with Gasteiger partial charge in [0.25, 0.3) is 0 Å². The molecule has 0 radical (unpaired) electrons. The van der Waals surface area contributed by atoms with Gasteiger partial charge in [-0.3, -0.25) is 14.4 Å². The van der Waals surface area contributed by atoms with E-state index >= 15 is 0 Å². The van der Waals surface area contributed by atoms with Crippen LogP contribution in [0.1, 0.15) is 39.0 Å². The van der Waals surface area contributed by atoms with Crippen molar-refractivity contribution in [1.82, 2.24) is 0 Å². The average molecular weight is 361 g/mol. The minimum atomic E-state index is -0.811. The lowest BCUT2D eigenvalue weighted by Gasteiger charge is -2.12. The van der Waals surface area contributed by atoms with Crippen molar-refractivity contribution in [3.05, 3.63) is 52.5 Å². The van der Waals surface area contributed by atoms with Gasteiger partial charge in [-0.25, -0.2) is 0 Å². The number of rotatable bonds is 4. The molecular weight excluding hydrogens is 348 g/mol. The SMILES string of the molecule is COc1ccc(C(=O)c2coc3c2C(=O)C(=O)C(C)=C3Cl)cc1OC. The number of ketones is 3. The second-order valence-corrected chi connectivity index (χ2v) is 5.73. The largest absolute Gasteiger partial charge is 0.493 e. The minimum Gasteiger partial charge on any atom is -0.493 e. The third kappa shape index (κ3) is 2.55. The Hall–Kier alpha value is -2.86. The van der Waals surface area contributed by atoms with Crippen LogP contribution in [0.3, 0.4) is 0 Å². The number of hydrogen-bond acceptors (Lipinski definition) is 6. The minimum absolute atomic E-state index is 0.0220. The lowest BCUT2D eigenvalue weighted by Crippen LogP contribution is -2.23. The highest BCUT2D eigenvalue weighted by atomic mass is 35.5. The molecule has 0 N–H and O–H groups in total. The molecule has 0 saturated carbocycles. The summed E-state index contributed by atoms with van der Waals surface area (Å²) in [6, 6.07) is 4.59. The van der Waals surface area contributed by atoms with Gasteiger partial charge in [-0.15, -0.1) is 0 Å². The van der Waals surface area contributed by atoms with Crippen molar-refractivity contribution in [2.45, 2.75) is 6.92 Å². The maximum absolute atomic E-state index is 12.8. The number of ether oxygens (including phenoxy) is 2. The van der Waals surface area contributed by atoms with Gasteiger partial charge in [-0.2, -0.15) is 0 Å². The third-order valence-electron chi connectivity index (χ3n) is 3.98. The zero-order valence-corrected chi connectivity index (χ0v) is 14.4. The zero-order chi connectivity index (χ0) is 18.3. The van der Waals surface area contributed by atoms with Crippen LogP contribution in [0.2, 0.25) is 0 Å². The fourth-order valence-corrected chi connectivity index (χ4v) is 2.82. The number of carbonyl (C=O) groups is 3. The molecule has 1 heterocycles. The van der Waals surface area contributed by atoms with Gasteiger partial charge in [-0.1, -0.05) is 11.6 Å². The van der Waals surface area contributed by atoms with E-state index in [0.29, 0.717) is 11.5 Å². The first-order valence-corrected chi connectivity index (χ1v) is 7.62. The van der Waals surface area contributed by atoms with E-state index in [9.17, 15) is 14.4 Å². The van der Waals surface area contributed by atoms with Crippen LogP contribution in [0, 0.1) is 0 Å². The lowest BCUT2D eigenvalue weighted by molar-refractivity contribution is -0.111. The molecule has 0 bridgehead atoms. The van der Waals surface area contributed by atoms with Crippen molar-refractivity contribution in [2.24, 2.45) is 0 Å². The molecule has 7 heteroatoms. The number of furan rings is 1.